The highest BCUT2D eigenvalue weighted by molar-refractivity contribution is 14.0. The second-order valence-corrected chi connectivity index (χ2v) is 6.40. The van der Waals surface area contributed by atoms with Crippen LogP contribution in [0.3, 0.4) is 0 Å². The molecule has 0 aromatic heterocycles. The molecule has 0 radical (unpaired) electrons. The Kier molecular flexibility index (Phi) is 10.1. The van der Waals surface area contributed by atoms with Crippen molar-refractivity contribution in [3.8, 4) is 0 Å². The first-order valence-electron chi connectivity index (χ1n) is 8.02. The molecule has 0 atom stereocenters. The van der Waals surface area contributed by atoms with Crippen molar-refractivity contribution >= 4 is 53.3 Å². The van der Waals surface area contributed by atoms with Crippen LogP contribution in [0.5, 0.6) is 0 Å². The minimum atomic E-state index is -0.106. The Morgan fingerprint density at radius 3 is 2.35 bits per heavy atom. The first-order chi connectivity index (χ1) is 12.1. The zero-order valence-corrected chi connectivity index (χ0v) is 18.4. The molecule has 2 aromatic carbocycles. The number of thioether (sulfide) groups is 1. The molecule has 0 fully saturated rings. The van der Waals surface area contributed by atoms with Crippen LogP contribution in [0.2, 0.25) is 0 Å². The van der Waals surface area contributed by atoms with Crippen molar-refractivity contribution in [2.45, 2.75) is 11.4 Å². The zero-order chi connectivity index (χ0) is 18.1. The van der Waals surface area contributed by atoms with Gasteiger partial charge in [0.1, 0.15) is 0 Å². The number of rotatable bonds is 6. The monoisotopic (exact) mass is 484 g/mol. The summed E-state index contributed by atoms with van der Waals surface area (Å²) in [4.78, 5) is 19.5. The Morgan fingerprint density at radius 1 is 1.12 bits per heavy atom. The van der Waals surface area contributed by atoms with Crippen LogP contribution in [0.4, 0.5) is 5.69 Å². The average molecular weight is 484 g/mol. The van der Waals surface area contributed by atoms with Gasteiger partial charge in [-0.05, 0) is 36.1 Å². The quantitative estimate of drug-likeness (QED) is 0.285. The predicted octanol–water partition coefficient (Wildman–Crippen LogP) is 3.67. The molecular formula is C19H25IN4OS. The lowest BCUT2D eigenvalue weighted by atomic mass is 10.2. The van der Waals surface area contributed by atoms with Crippen molar-refractivity contribution < 1.29 is 4.79 Å². The number of carbonyl (C=O) groups excluding carboxylic acids is 1. The van der Waals surface area contributed by atoms with Crippen LogP contribution in [-0.2, 0) is 11.3 Å². The van der Waals surface area contributed by atoms with E-state index in [9.17, 15) is 4.79 Å². The molecule has 0 bridgehead atoms. The molecule has 0 aliphatic heterocycles. The molecule has 0 unspecified atom stereocenters. The number of amides is 1. The zero-order valence-electron chi connectivity index (χ0n) is 15.2. The van der Waals surface area contributed by atoms with E-state index >= 15 is 0 Å². The molecule has 0 saturated heterocycles. The lowest BCUT2D eigenvalue weighted by Gasteiger charge is -2.22. The minimum absolute atomic E-state index is 0. The molecule has 1 amide bonds. The number of benzene rings is 2. The molecule has 0 aliphatic carbocycles. The minimum Gasteiger partial charge on any atom is -0.347 e. The summed E-state index contributed by atoms with van der Waals surface area (Å²) in [6.45, 7) is 0.881. The van der Waals surface area contributed by atoms with Gasteiger partial charge >= 0.3 is 0 Å². The third kappa shape index (κ3) is 7.25. The lowest BCUT2D eigenvalue weighted by molar-refractivity contribution is -0.115. The van der Waals surface area contributed by atoms with Gasteiger partial charge in [-0.1, -0.05) is 30.3 Å². The Hall–Kier alpha value is -1.74. The molecule has 140 valence electrons. The fourth-order valence-electron chi connectivity index (χ4n) is 2.35. The van der Waals surface area contributed by atoms with Crippen LogP contribution < -0.4 is 10.6 Å². The van der Waals surface area contributed by atoms with Gasteiger partial charge < -0.3 is 15.5 Å². The van der Waals surface area contributed by atoms with Crippen molar-refractivity contribution in [2.75, 3.05) is 32.2 Å². The highest BCUT2D eigenvalue weighted by Gasteiger charge is 2.09. The average Bonchev–Trinajstić information content (AvgIpc) is 2.63. The molecule has 0 saturated carbocycles. The van der Waals surface area contributed by atoms with Crippen LogP contribution in [-0.4, -0.2) is 43.7 Å². The van der Waals surface area contributed by atoms with E-state index in [1.807, 2.05) is 42.3 Å². The standard InChI is InChI=1S/C19H24N4OS.HI/c1-20-19(21-13-18(24)22-16-7-5-4-6-8-16)23(2)14-15-9-11-17(25-3)12-10-15;/h4-12H,13-14H2,1-3H3,(H,20,21)(H,22,24);1H. The molecule has 0 spiro atoms. The highest BCUT2D eigenvalue weighted by Crippen LogP contribution is 2.15. The summed E-state index contributed by atoms with van der Waals surface area (Å²) in [5.41, 5.74) is 1.98. The van der Waals surface area contributed by atoms with Gasteiger partial charge in [0.2, 0.25) is 5.91 Å². The molecule has 26 heavy (non-hydrogen) atoms. The number of nitrogens with zero attached hydrogens (tertiary/aromatic N) is 2. The number of guanidine groups is 1. The number of carbonyl (C=O) groups is 1. The highest BCUT2D eigenvalue weighted by atomic mass is 127. The molecule has 7 heteroatoms. The Balaban J connectivity index is 0.00000338. The number of aliphatic imine (C=N–C) groups is 1. The van der Waals surface area contributed by atoms with E-state index in [0.717, 1.165) is 5.69 Å². The van der Waals surface area contributed by atoms with Gasteiger partial charge in [-0.25, -0.2) is 0 Å². The molecule has 2 rings (SSSR count). The van der Waals surface area contributed by atoms with E-state index in [4.69, 9.17) is 0 Å². The van der Waals surface area contributed by atoms with E-state index in [0.29, 0.717) is 12.5 Å². The fraction of sp³-hybridized carbons (Fsp3) is 0.263. The predicted molar refractivity (Wildman–Crippen MR) is 122 cm³/mol. The third-order valence-corrected chi connectivity index (χ3v) is 4.36. The van der Waals surface area contributed by atoms with Crippen molar-refractivity contribution in [3.63, 3.8) is 0 Å². The molecule has 2 N–H and O–H groups in total. The first-order valence-corrected chi connectivity index (χ1v) is 9.24. The van der Waals surface area contributed by atoms with E-state index in [1.165, 1.54) is 10.5 Å². The summed E-state index contributed by atoms with van der Waals surface area (Å²) in [7, 11) is 3.66. The van der Waals surface area contributed by atoms with Gasteiger partial charge in [-0.3, -0.25) is 9.79 Å². The normalized spacial score (nSPS) is 10.7. The summed E-state index contributed by atoms with van der Waals surface area (Å²) in [5.74, 6) is 0.572. The Labute approximate surface area is 176 Å². The van der Waals surface area contributed by atoms with Crippen molar-refractivity contribution in [2.24, 2.45) is 4.99 Å². The van der Waals surface area contributed by atoms with Crippen LogP contribution in [0.1, 0.15) is 5.56 Å². The molecule has 0 aliphatic rings. The van der Waals surface area contributed by atoms with Gasteiger partial charge in [-0.2, -0.15) is 0 Å². The van der Waals surface area contributed by atoms with Crippen LogP contribution in [0.15, 0.2) is 64.5 Å². The molecule has 2 aromatic rings. The van der Waals surface area contributed by atoms with Gasteiger partial charge in [0.05, 0.1) is 6.54 Å². The fourth-order valence-corrected chi connectivity index (χ4v) is 2.76. The third-order valence-electron chi connectivity index (χ3n) is 3.62. The van der Waals surface area contributed by atoms with Crippen molar-refractivity contribution in [1.29, 1.82) is 0 Å². The maximum Gasteiger partial charge on any atom is 0.243 e. The summed E-state index contributed by atoms with van der Waals surface area (Å²) in [6.07, 6.45) is 2.06. The van der Waals surface area contributed by atoms with Crippen molar-refractivity contribution in [3.05, 3.63) is 60.2 Å². The maximum absolute atomic E-state index is 12.0. The largest absolute Gasteiger partial charge is 0.347 e. The second kappa shape index (κ2) is 11.8. The SMILES string of the molecule is CN=C(NCC(=O)Nc1ccccc1)N(C)Cc1ccc(SC)cc1.I. The smallest absolute Gasteiger partial charge is 0.243 e. The van der Waals surface area contributed by atoms with E-state index in [-0.39, 0.29) is 36.4 Å². The summed E-state index contributed by atoms with van der Waals surface area (Å²) in [5, 5.41) is 5.94. The number of hydrogen-bond donors (Lipinski definition) is 2. The van der Waals surface area contributed by atoms with Crippen molar-refractivity contribution in [1.82, 2.24) is 10.2 Å². The maximum atomic E-state index is 12.0. The summed E-state index contributed by atoms with van der Waals surface area (Å²) in [6, 6.07) is 17.8. The Morgan fingerprint density at radius 2 is 1.77 bits per heavy atom. The number of anilines is 1. The van der Waals surface area contributed by atoms with E-state index in [1.54, 1.807) is 18.8 Å². The van der Waals surface area contributed by atoms with Gasteiger partial charge in [-0.15, -0.1) is 35.7 Å². The topological polar surface area (TPSA) is 56.7 Å². The van der Waals surface area contributed by atoms with Gasteiger partial charge in [0.15, 0.2) is 5.96 Å². The van der Waals surface area contributed by atoms with E-state index < -0.39 is 0 Å². The molecule has 0 heterocycles. The number of halogens is 1. The summed E-state index contributed by atoms with van der Waals surface area (Å²) >= 11 is 1.73. The summed E-state index contributed by atoms with van der Waals surface area (Å²) < 4.78 is 0. The van der Waals surface area contributed by atoms with Crippen LogP contribution >= 0.6 is 35.7 Å². The number of nitrogens with one attached hydrogen (secondary N) is 2. The van der Waals surface area contributed by atoms with Crippen LogP contribution in [0.25, 0.3) is 0 Å². The van der Waals surface area contributed by atoms with Gasteiger partial charge in [0.25, 0.3) is 0 Å². The first kappa shape index (κ1) is 22.3. The number of hydrogen-bond acceptors (Lipinski definition) is 3. The van der Waals surface area contributed by atoms with E-state index in [2.05, 4.69) is 46.1 Å². The lowest BCUT2D eigenvalue weighted by Crippen LogP contribution is -2.42. The molecular weight excluding hydrogens is 459 g/mol. The molecule has 5 nitrogen and oxygen atoms in total. The number of para-hydroxylation sites is 1. The Bertz CT molecular complexity index is 707. The van der Waals surface area contributed by atoms with Gasteiger partial charge in [0, 0.05) is 31.2 Å². The van der Waals surface area contributed by atoms with Crippen LogP contribution in [0, 0.1) is 0 Å². The second-order valence-electron chi connectivity index (χ2n) is 5.52.